The van der Waals surface area contributed by atoms with Crippen LogP contribution in [0.2, 0.25) is 0 Å². The van der Waals surface area contributed by atoms with Crippen LogP contribution in [0.3, 0.4) is 0 Å². The van der Waals surface area contributed by atoms with Crippen molar-refractivity contribution < 1.29 is 0 Å². The molecule has 5 rings (SSSR count). The Morgan fingerprint density at radius 2 is 1.67 bits per heavy atom. The van der Waals surface area contributed by atoms with E-state index in [1.165, 1.54) is 41.0 Å². The summed E-state index contributed by atoms with van der Waals surface area (Å²) in [7, 11) is 0. The summed E-state index contributed by atoms with van der Waals surface area (Å²) in [6.45, 7) is 11.8. The average Bonchev–Trinajstić information content (AvgIpc) is 3.01. The fourth-order valence-electron chi connectivity index (χ4n) is 5.59. The Morgan fingerprint density at radius 1 is 0.963 bits per heavy atom. The first-order chi connectivity index (χ1) is 12.9. The van der Waals surface area contributed by atoms with E-state index in [2.05, 4.69) is 93.0 Å². The van der Waals surface area contributed by atoms with Gasteiger partial charge in [0.2, 0.25) is 0 Å². The minimum absolute atomic E-state index is 0.0926. The Balaban J connectivity index is 1.87. The van der Waals surface area contributed by atoms with Crippen LogP contribution in [0.5, 0.6) is 0 Å². The molecule has 2 heteroatoms. The lowest BCUT2D eigenvalue weighted by Crippen LogP contribution is -2.57. The summed E-state index contributed by atoms with van der Waals surface area (Å²) in [5, 5.41) is 0. The maximum atomic E-state index is 2.77. The second-order valence-corrected chi connectivity index (χ2v) is 9.41. The van der Waals surface area contributed by atoms with Gasteiger partial charge in [0.15, 0.2) is 0 Å². The van der Waals surface area contributed by atoms with Gasteiger partial charge in [-0.2, -0.15) is 0 Å². The fourth-order valence-corrected chi connectivity index (χ4v) is 5.59. The van der Waals surface area contributed by atoms with Gasteiger partial charge in [0.1, 0.15) is 6.17 Å². The molecule has 0 spiro atoms. The first-order valence-corrected chi connectivity index (χ1v) is 10.4. The molecule has 3 heterocycles. The van der Waals surface area contributed by atoms with Gasteiger partial charge in [-0.25, -0.2) is 0 Å². The van der Waals surface area contributed by atoms with E-state index in [1.54, 1.807) is 5.56 Å². The van der Waals surface area contributed by atoms with Crippen molar-refractivity contribution in [2.45, 2.75) is 65.6 Å². The van der Waals surface area contributed by atoms with Crippen LogP contribution in [0, 0.1) is 5.41 Å². The second kappa shape index (κ2) is 5.41. The van der Waals surface area contributed by atoms with Crippen molar-refractivity contribution in [2.24, 2.45) is 5.41 Å². The Morgan fingerprint density at radius 3 is 2.33 bits per heavy atom. The van der Waals surface area contributed by atoms with E-state index in [-0.39, 0.29) is 11.0 Å². The molecule has 0 saturated heterocycles. The van der Waals surface area contributed by atoms with Crippen LogP contribution >= 0.6 is 0 Å². The standard InChI is InChI=1S/C25H30N2/c1-6-25(7-2)16-18-12-10-11-17-15-21(24(3,4)5)26-19-13-8-9-14-20(19)27(25)23(26)22(17)18/h8-15,23H,6-7,16H2,1-5H3. The highest BCUT2D eigenvalue weighted by Crippen LogP contribution is 2.60. The lowest BCUT2D eigenvalue weighted by molar-refractivity contribution is 0.307. The lowest BCUT2D eigenvalue weighted by Gasteiger charge is -2.54. The molecule has 27 heavy (non-hydrogen) atoms. The Hall–Kier alpha value is -2.22. The van der Waals surface area contributed by atoms with E-state index in [1.807, 2.05) is 0 Å². The minimum Gasteiger partial charge on any atom is -0.339 e. The van der Waals surface area contributed by atoms with Gasteiger partial charge in [0.25, 0.3) is 0 Å². The molecule has 140 valence electrons. The highest BCUT2D eigenvalue weighted by molar-refractivity contribution is 5.87. The number of nitrogens with zero attached hydrogens (tertiary/aromatic N) is 2. The summed E-state index contributed by atoms with van der Waals surface area (Å²) in [5.41, 5.74) is 8.96. The normalized spacial score (nSPS) is 21.7. The first-order valence-electron chi connectivity index (χ1n) is 10.4. The Bertz CT molecular complexity index is 943. The molecule has 2 aromatic carbocycles. The highest BCUT2D eigenvalue weighted by atomic mass is 15.5. The number of benzene rings is 2. The second-order valence-electron chi connectivity index (χ2n) is 9.41. The van der Waals surface area contributed by atoms with E-state index < -0.39 is 0 Å². The van der Waals surface area contributed by atoms with Gasteiger partial charge in [0.05, 0.1) is 11.4 Å². The number of anilines is 2. The van der Waals surface area contributed by atoms with Crippen molar-refractivity contribution in [1.82, 2.24) is 0 Å². The number of allylic oxidation sites excluding steroid dienone is 1. The lowest BCUT2D eigenvalue weighted by atomic mass is 9.75. The number of rotatable bonds is 2. The fraction of sp³-hybridized carbons (Fsp3) is 0.440. The Kier molecular flexibility index (Phi) is 3.39. The largest absolute Gasteiger partial charge is 0.339 e. The average molecular weight is 359 g/mol. The third kappa shape index (κ3) is 2.07. The molecular formula is C25H30N2. The van der Waals surface area contributed by atoms with Gasteiger partial charge in [-0.3, -0.25) is 0 Å². The van der Waals surface area contributed by atoms with Gasteiger partial charge in [-0.05, 0) is 48.6 Å². The molecule has 3 aliphatic rings. The van der Waals surface area contributed by atoms with Crippen molar-refractivity contribution in [2.75, 3.05) is 9.80 Å². The number of hydrogen-bond donors (Lipinski definition) is 0. The third-order valence-corrected chi connectivity index (χ3v) is 7.05. The van der Waals surface area contributed by atoms with Gasteiger partial charge < -0.3 is 9.80 Å². The van der Waals surface area contributed by atoms with Crippen LogP contribution in [-0.2, 0) is 6.42 Å². The van der Waals surface area contributed by atoms with Gasteiger partial charge in [0, 0.05) is 22.2 Å². The molecule has 0 amide bonds. The SMILES string of the molecule is CCC1(CC)Cc2cccc3c2C2N(C(C(C)(C)C)=C3)c3ccccc3N21. The molecule has 0 fully saturated rings. The monoisotopic (exact) mass is 358 g/mol. The van der Waals surface area contributed by atoms with Crippen molar-refractivity contribution in [1.29, 1.82) is 0 Å². The number of hydrogen-bond acceptors (Lipinski definition) is 2. The summed E-state index contributed by atoms with van der Waals surface area (Å²) in [5.74, 6) is 0. The van der Waals surface area contributed by atoms with Crippen LogP contribution in [0.15, 0.2) is 48.2 Å². The van der Waals surface area contributed by atoms with Crippen molar-refractivity contribution in [3.8, 4) is 0 Å². The molecule has 0 bridgehead atoms. The molecule has 2 aromatic rings. The van der Waals surface area contributed by atoms with Crippen LogP contribution < -0.4 is 9.80 Å². The molecule has 0 radical (unpaired) electrons. The maximum Gasteiger partial charge on any atom is 0.134 e. The predicted molar refractivity (Wildman–Crippen MR) is 115 cm³/mol. The number of fused-ring (bicyclic) bond motifs is 3. The molecule has 0 aliphatic carbocycles. The highest BCUT2D eigenvalue weighted by Gasteiger charge is 2.53. The van der Waals surface area contributed by atoms with E-state index in [0.717, 1.165) is 6.42 Å². The van der Waals surface area contributed by atoms with E-state index in [9.17, 15) is 0 Å². The molecular weight excluding hydrogens is 328 g/mol. The summed E-state index contributed by atoms with van der Waals surface area (Å²) >= 11 is 0. The molecule has 1 unspecified atom stereocenters. The van der Waals surface area contributed by atoms with Gasteiger partial charge in [-0.1, -0.05) is 65.0 Å². The van der Waals surface area contributed by atoms with Crippen LogP contribution in [0.1, 0.15) is 70.3 Å². The number of para-hydroxylation sites is 2. The molecule has 2 nitrogen and oxygen atoms in total. The van der Waals surface area contributed by atoms with Gasteiger partial charge >= 0.3 is 0 Å². The Labute approximate surface area is 163 Å². The third-order valence-electron chi connectivity index (χ3n) is 7.05. The zero-order valence-electron chi connectivity index (χ0n) is 17.2. The maximum absolute atomic E-state index is 2.77. The van der Waals surface area contributed by atoms with Crippen LogP contribution in [-0.4, -0.2) is 5.54 Å². The topological polar surface area (TPSA) is 6.48 Å². The predicted octanol–water partition coefficient (Wildman–Crippen LogP) is 6.53. The molecule has 1 atom stereocenters. The van der Waals surface area contributed by atoms with Crippen molar-refractivity contribution in [3.05, 3.63) is 64.9 Å². The van der Waals surface area contributed by atoms with Gasteiger partial charge in [-0.15, -0.1) is 0 Å². The smallest absolute Gasteiger partial charge is 0.134 e. The van der Waals surface area contributed by atoms with E-state index in [4.69, 9.17) is 0 Å². The molecule has 0 aromatic heterocycles. The van der Waals surface area contributed by atoms with Crippen molar-refractivity contribution in [3.63, 3.8) is 0 Å². The zero-order valence-corrected chi connectivity index (χ0v) is 17.2. The first kappa shape index (κ1) is 16.9. The zero-order chi connectivity index (χ0) is 19.0. The van der Waals surface area contributed by atoms with Crippen molar-refractivity contribution >= 4 is 17.5 Å². The summed E-state index contributed by atoms with van der Waals surface area (Å²) in [6, 6.07) is 16.0. The van der Waals surface area contributed by atoms with Crippen LogP contribution in [0.4, 0.5) is 11.4 Å². The summed E-state index contributed by atoms with van der Waals surface area (Å²) in [4.78, 5) is 5.41. The quantitative estimate of drug-likeness (QED) is 0.602. The molecule has 0 saturated carbocycles. The van der Waals surface area contributed by atoms with E-state index in [0.29, 0.717) is 6.17 Å². The molecule has 3 aliphatic heterocycles. The molecule has 0 N–H and O–H groups in total. The minimum atomic E-state index is 0.0926. The van der Waals surface area contributed by atoms with Crippen LogP contribution in [0.25, 0.3) is 6.08 Å². The van der Waals surface area contributed by atoms with E-state index >= 15 is 0 Å². The summed E-state index contributed by atoms with van der Waals surface area (Å²) < 4.78 is 0. The summed E-state index contributed by atoms with van der Waals surface area (Å²) in [6.07, 6.45) is 6.21.